The number of morpholine rings is 1. The van der Waals surface area contributed by atoms with Crippen LogP contribution in [0.15, 0.2) is 6.20 Å². The van der Waals surface area contributed by atoms with Crippen molar-refractivity contribution in [1.29, 1.82) is 0 Å². The second kappa shape index (κ2) is 6.17. The molecule has 0 bridgehead atoms. The van der Waals surface area contributed by atoms with E-state index in [-0.39, 0.29) is 6.10 Å². The van der Waals surface area contributed by atoms with Crippen molar-refractivity contribution in [3.05, 3.63) is 11.2 Å². The number of hydrogen-bond donors (Lipinski definition) is 2. The third-order valence-electron chi connectivity index (χ3n) is 2.81. The largest absolute Gasteiger partial charge is 0.374 e. The molecule has 0 amide bonds. The molecular formula is C11H18ClN5O. The summed E-state index contributed by atoms with van der Waals surface area (Å²) < 4.78 is 5.66. The van der Waals surface area contributed by atoms with E-state index in [2.05, 4.69) is 32.5 Å². The van der Waals surface area contributed by atoms with Gasteiger partial charge in [0.25, 0.3) is 0 Å². The summed E-state index contributed by atoms with van der Waals surface area (Å²) in [5.74, 6) is 1.18. The molecule has 0 saturated carbocycles. The second-order valence-electron chi connectivity index (χ2n) is 4.28. The predicted octanol–water partition coefficient (Wildman–Crippen LogP) is 0.914. The lowest BCUT2D eigenvalue weighted by Crippen LogP contribution is -2.43. The van der Waals surface area contributed by atoms with Crippen LogP contribution < -0.4 is 10.6 Å². The molecule has 100 valence electrons. The standard InChI is InChI=1S/C11H18ClN5O/c1-13-11-15-6-9(12)10(16-11)14-5-8-7-17(2)3-4-18-8/h6,8H,3-5,7H2,1-2H3,(H2,13,14,15,16). The van der Waals surface area contributed by atoms with Gasteiger partial charge in [-0.3, -0.25) is 0 Å². The Labute approximate surface area is 112 Å². The topological polar surface area (TPSA) is 62.3 Å². The number of rotatable bonds is 4. The third-order valence-corrected chi connectivity index (χ3v) is 3.08. The number of aromatic nitrogens is 2. The Bertz CT molecular complexity index is 403. The van der Waals surface area contributed by atoms with Crippen LogP contribution in [0.3, 0.4) is 0 Å². The highest BCUT2D eigenvalue weighted by Crippen LogP contribution is 2.19. The number of nitrogens with zero attached hydrogens (tertiary/aromatic N) is 3. The first-order valence-electron chi connectivity index (χ1n) is 5.93. The van der Waals surface area contributed by atoms with Crippen molar-refractivity contribution in [3.63, 3.8) is 0 Å². The highest BCUT2D eigenvalue weighted by atomic mass is 35.5. The van der Waals surface area contributed by atoms with Crippen LogP contribution >= 0.6 is 11.6 Å². The molecule has 2 rings (SSSR count). The summed E-state index contributed by atoms with van der Waals surface area (Å²) in [5.41, 5.74) is 0. The van der Waals surface area contributed by atoms with Gasteiger partial charge < -0.3 is 20.3 Å². The maximum atomic E-state index is 6.03. The summed E-state index contributed by atoms with van der Waals surface area (Å²) in [5, 5.41) is 6.59. The van der Waals surface area contributed by atoms with Gasteiger partial charge in [-0.25, -0.2) is 4.98 Å². The molecule has 1 fully saturated rings. The van der Waals surface area contributed by atoms with Crippen LogP contribution in [0, 0.1) is 0 Å². The minimum absolute atomic E-state index is 0.160. The molecule has 1 unspecified atom stereocenters. The van der Waals surface area contributed by atoms with E-state index < -0.39 is 0 Å². The van der Waals surface area contributed by atoms with Crippen LogP contribution in [0.1, 0.15) is 0 Å². The SMILES string of the molecule is CNc1ncc(Cl)c(NCC2CN(C)CCO2)n1. The minimum Gasteiger partial charge on any atom is -0.374 e. The molecule has 1 aromatic rings. The molecule has 6 nitrogen and oxygen atoms in total. The fourth-order valence-corrected chi connectivity index (χ4v) is 1.97. The Morgan fingerprint density at radius 1 is 1.61 bits per heavy atom. The normalized spacial score (nSPS) is 20.7. The number of halogens is 1. The van der Waals surface area contributed by atoms with Gasteiger partial charge in [-0.2, -0.15) is 4.98 Å². The molecule has 0 aromatic carbocycles. The molecule has 18 heavy (non-hydrogen) atoms. The Morgan fingerprint density at radius 2 is 2.44 bits per heavy atom. The van der Waals surface area contributed by atoms with E-state index >= 15 is 0 Å². The lowest BCUT2D eigenvalue weighted by molar-refractivity contribution is -0.0117. The first-order chi connectivity index (χ1) is 8.69. The molecule has 0 spiro atoms. The first-order valence-corrected chi connectivity index (χ1v) is 6.31. The summed E-state index contributed by atoms with van der Waals surface area (Å²) in [4.78, 5) is 10.5. The van der Waals surface area contributed by atoms with Crippen molar-refractivity contribution < 1.29 is 4.74 Å². The van der Waals surface area contributed by atoms with Crippen LogP contribution in [-0.2, 0) is 4.74 Å². The van der Waals surface area contributed by atoms with Gasteiger partial charge in [-0.1, -0.05) is 11.6 Å². The van der Waals surface area contributed by atoms with Crippen LogP contribution in [-0.4, -0.2) is 61.3 Å². The maximum Gasteiger partial charge on any atom is 0.224 e. The van der Waals surface area contributed by atoms with E-state index in [1.165, 1.54) is 0 Å². The van der Waals surface area contributed by atoms with E-state index in [4.69, 9.17) is 16.3 Å². The highest BCUT2D eigenvalue weighted by Gasteiger charge is 2.18. The number of hydrogen-bond acceptors (Lipinski definition) is 6. The Morgan fingerprint density at radius 3 is 3.17 bits per heavy atom. The highest BCUT2D eigenvalue weighted by molar-refractivity contribution is 6.32. The van der Waals surface area contributed by atoms with Gasteiger partial charge in [-0.15, -0.1) is 0 Å². The summed E-state index contributed by atoms with van der Waals surface area (Å²) in [6.45, 7) is 3.34. The monoisotopic (exact) mass is 271 g/mol. The van der Waals surface area contributed by atoms with Crippen molar-refractivity contribution in [2.24, 2.45) is 0 Å². The van der Waals surface area contributed by atoms with E-state index in [1.54, 1.807) is 13.2 Å². The van der Waals surface area contributed by atoms with Gasteiger partial charge in [-0.05, 0) is 7.05 Å². The number of ether oxygens (including phenoxy) is 1. The Hall–Kier alpha value is -1.11. The zero-order valence-corrected chi connectivity index (χ0v) is 11.4. The van der Waals surface area contributed by atoms with Crippen molar-refractivity contribution in [3.8, 4) is 0 Å². The maximum absolute atomic E-state index is 6.03. The first kappa shape index (κ1) is 13.3. The summed E-state index contributed by atoms with van der Waals surface area (Å²) >= 11 is 6.03. The molecule has 1 aliphatic heterocycles. The molecule has 7 heteroatoms. The molecule has 2 heterocycles. The van der Waals surface area contributed by atoms with Crippen molar-refractivity contribution in [2.75, 3.05) is 51.0 Å². The lowest BCUT2D eigenvalue weighted by atomic mass is 10.3. The quantitative estimate of drug-likeness (QED) is 0.849. The van der Waals surface area contributed by atoms with E-state index in [9.17, 15) is 0 Å². The Balaban J connectivity index is 1.92. The predicted molar refractivity (Wildman–Crippen MR) is 72.3 cm³/mol. The molecule has 0 aliphatic carbocycles. The zero-order valence-electron chi connectivity index (χ0n) is 10.6. The van der Waals surface area contributed by atoms with Gasteiger partial charge >= 0.3 is 0 Å². The number of anilines is 2. The molecule has 1 atom stereocenters. The van der Waals surface area contributed by atoms with Gasteiger partial charge in [0.15, 0.2) is 5.82 Å². The van der Waals surface area contributed by atoms with Gasteiger partial charge in [0.05, 0.1) is 18.9 Å². The summed E-state index contributed by atoms with van der Waals surface area (Å²) in [7, 11) is 3.86. The van der Waals surface area contributed by atoms with Crippen LogP contribution in [0.5, 0.6) is 0 Å². The molecule has 2 N–H and O–H groups in total. The van der Waals surface area contributed by atoms with Crippen LogP contribution in [0.2, 0.25) is 5.02 Å². The number of likely N-dealkylation sites (N-methyl/N-ethyl adjacent to an activating group) is 1. The fraction of sp³-hybridized carbons (Fsp3) is 0.636. The van der Waals surface area contributed by atoms with Crippen molar-refractivity contribution in [2.45, 2.75) is 6.10 Å². The zero-order chi connectivity index (χ0) is 13.0. The van der Waals surface area contributed by atoms with Gasteiger partial charge in [0, 0.05) is 26.7 Å². The lowest BCUT2D eigenvalue weighted by Gasteiger charge is -2.30. The Kier molecular flexibility index (Phi) is 4.57. The van der Waals surface area contributed by atoms with Gasteiger partial charge in [0.2, 0.25) is 5.95 Å². The molecule has 1 aliphatic rings. The summed E-state index contributed by atoms with van der Waals surface area (Å²) in [6, 6.07) is 0. The third kappa shape index (κ3) is 3.44. The smallest absolute Gasteiger partial charge is 0.224 e. The van der Waals surface area contributed by atoms with Crippen molar-refractivity contribution in [1.82, 2.24) is 14.9 Å². The average Bonchev–Trinajstić information content (AvgIpc) is 2.38. The molecule has 0 radical (unpaired) electrons. The van der Waals surface area contributed by atoms with Crippen molar-refractivity contribution >= 4 is 23.4 Å². The fourth-order valence-electron chi connectivity index (χ4n) is 1.81. The molecule has 1 aromatic heterocycles. The average molecular weight is 272 g/mol. The van der Waals surface area contributed by atoms with Crippen LogP contribution in [0.4, 0.5) is 11.8 Å². The van der Waals surface area contributed by atoms with E-state index in [0.29, 0.717) is 23.3 Å². The van der Waals surface area contributed by atoms with Crippen LogP contribution in [0.25, 0.3) is 0 Å². The van der Waals surface area contributed by atoms with E-state index in [0.717, 1.165) is 19.7 Å². The summed E-state index contributed by atoms with van der Waals surface area (Å²) in [6.07, 6.45) is 1.74. The molecular weight excluding hydrogens is 254 g/mol. The van der Waals surface area contributed by atoms with E-state index in [1.807, 2.05) is 0 Å². The second-order valence-corrected chi connectivity index (χ2v) is 4.68. The minimum atomic E-state index is 0.160. The number of nitrogens with one attached hydrogen (secondary N) is 2. The van der Waals surface area contributed by atoms with Gasteiger partial charge in [0.1, 0.15) is 5.02 Å². The molecule has 1 saturated heterocycles.